The van der Waals surface area contributed by atoms with Gasteiger partial charge < -0.3 is 10.6 Å². The van der Waals surface area contributed by atoms with Gasteiger partial charge in [-0.2, -0.15) is 0 Å². The van der Waals surface area contributed by atoms with Crippen molar-refractivity contribution in [3.05, 3.63) is 0 Å². The summed E-state index contributed by atoms with van der Waals surface area (Å²) in [6.45, 7) is 2.40. The van der Waals surface area contributed by atoms with E-state index in [1.165, 1.54) is 6.42 Å². The molecule has 1 saturated heterocycles. The zero-order chi connectivity index (χ0) is 11.5. The maximum atomic E-state index is 12.2. The number of hydrogen-bond acceptors (Lipinski definition) is 3. The molecule has 0 bridgehead atoms. The molecule has 0 aromatic rings. The van der Waals surface area contributed by atoms with E-state index < -0.39 is 0 Å². The van der Waals surface area contributed by atoms with Crippen LogP contribution < -0.4 is 10.6 Å². The summed E-state index contributed by atoms with van der Waals surface area (Å²) < 4.78 is 0. The summed E-state index contributed by atoms with van der Waals surface area (Å²) in [7, 11) is 0. The first-order valence-electron chi connectivity index (χ1n) is 6.26. The van der Waals surface area contributed by atoms with Crippen LogP contribution in [0.3, 0.4) is 0 Å². The normalized spacial score (nSPS) is 32.2. The van der Waals surface area contributed by atoms with Gasteiger partial charge in [0.1, 0.15) is 6.04 Å². The van der Waals surface area contributed by atoms with E-state index in [9.17, 15) is 9.59 Å². The molecular formula is C12H20N2O2. The van der Waals surface area contributed by atoms with Gasteiger partial charge in [-0.25, -0.2) is 0 Å². The second-order valence-electron chi connectivity index (χ2n) is 4.93. The van der Waals surface area contributed by atoms with Crippen LogP contribution in [-0.2, 0) is 9.59 Å². The summed E-state index contributed by atoms with van der Waals surface area (Å²) in [5.74, 6) is 0.349. The van der Waals surface area contributed by atoms with E-state index in [1.807, 2.05) is 6.92 Å². The van der Waals surface area contributed by atoms with E-state index in [0.717, 1.165) is 25.7 Å². The van der Waals surface area contributed by atoms with Crippen LogP contribution >= 0.6 is 0 Å². The van der Waals surface area contributed by atoms with Gasteiger partial charge in [-0.1, -0.05) is 19.3 Å². The van der Waals surface area contributed by atoms with Crippen molar-refractivity contribution < 1.29 is 9.59 Å². The second-order valence-corrected chi connectivity index (χ2v) is 4.93. The molecule has 0 radical (unpaired) electrons. The Bertz CT molecular complexity index is 285. The highest BCUT2D eigenvalue weighted by atomic mass is 16.2. The molecule has 0 aromatic heterocycles. The van der Waals surface area contributed by atoms with Crippen LogP contribution in [0.25, 0.3) is 0 Å². The van der Waals surface area contributed by atoms with E-state index in [1.54, 1.807) is 0 Å². The number of ketones is 1. The van der Waals surface area contributed by atoms with Gasteiger partial charge in [0, 0.05) is 12.5 Å². The lowest BCUT2D eigenvalue weighted by Gasteiger charge is -2.31. The van der Waals surface area contributed by atoms with Gasteiger partial charge in [0.15, 0.2) is 5.78 Å². The van der Waals surface area contributed by atoms with E-state index in [0.29, 0.717) is 6.54 Å². The second kappa shape index (κ2) is 4.95. The fraction of sp³-hybridized carbons (Fsp3) is 0.833. The van der Waals surface area contributed by atoms with Crippen LogP contribution in [0.5, 0.6) is 0 Å². The monoisotopic (exact) mass is 224 g/mol. The Hall–Kier alpha value is -0.900. The summed E-state index contributed by atoms with van der Waals surface area (Å²) >= 11 is 0. The van der Waals surface area contributed by atoms with Gasteiger partial charge in [0.05, 0.1) is 6.04 Å². The molecule has 4 heteroatoms. The van der Waals surface area contributed by atoms with Crippen LogP contribution in [0, 0.1) is 5.92 Å². The number of nitrogens with one attached hydrogen (secondary N) is 2. The topological polar surface area (TPSA) is 58.2 Å². The third kappa shape index (κ3) is 2.43. The van der Waals surface area contributed by atoms with Crippen LogP contribution in [0.2, 0.25) is 0 Å². The number of carbonyl (C=O) groups excluding carboxylic acids is 2. The molecule has 1 aliphatic carbocycles. The predicted octanol–water partition coefficient (Wildman–Crippen LogP) is 0.612. The molecule has 1 saturated carbocycles. The first-order valence-corrected chi connectivity index (χ1v) is 6.26. The van der Waals surface area contributed by atoms with Gasteiger partial charge >= 0.3 is 0 Å². The van der Waals surface area contributed by atoms with Crippen molar-refractivity contribution in [3.63, 3.8) is 0 Å². The molecule has 2 atom stereocenters. The van der Waals surface area contributed by atoms with Crippen molar-refractivity contribution in [2.45, 2.75) is 51.1 Å². The van der Waals surface area contributed by atoms with Crippen LogP contribution in [0.15, 0.2) is 0 Å². The molecule has 1 amide bonds. The van der Waals surface area contributed by atoms with Crippen molar-refractivity contribution in [1.82, 2.24) is 10.6 Å². The average molecular weight is 224 g/mol. The summed E-state index contributed by atoms with van der Waals surface area (Å²) in [4.78, 5) is 23.6. The smallest absolute Gasteiger partial charge is 0.237 e. The maximum absolute atomic E-state index is 12.2. The predicted molar refractivity (Wildman–Crippen MR) is 61.0 cm³/mol. The fourth-order valence-electron chi connectivity index (χ4n) is 2.58. The van der Waals surface area contributed by atoms with Crippen molar-refractivity contribution in [2.75, 3.05) is 6.54 Å². The fourth-order valence-corrected chi connectivity index (χ4v) is 2.58. The van der Waals surface area contributed by atoms with E-state index >= 15 is 0 Å². The number of carbonyl (C=O) groups is 2. The van der Waals surface area contributed by atoms with Crippen LogP contribution in [0.4, 0.5) is 0 Å². The van der Waals surface area contributed by atoms with Crippen LogP contribution in [-0.4, -0.2) is 30.3 Å². The van der Waals surface area contributed by atoms with Gasteiger partial charge in [-0.05, 0) is 19.8 Å². The molecule has 0 aromatic carbocycles. The van der Waals surface area contributed by atoms with E-state index in [-0.39, 0.29) is 29.7 Å². The molecule has 2 fully saturated rings. The van der Waals surface area contributed by atoms with Gasteiger partial charge in [-0.3, -0.25) is 9.59 Å². The molecular weight excluding hydrogens is 204 g/mol. The lowest BCUT2D eigenvalue weighted by Crippen LogP contribution is -2.60. The average Bonchev–Trinajstić information content (AvgIpc) is 2.33. The Morgan fingerprint density at radius 1 is 1.25 bits per heavy atom. The van der Waals surface area contributed by atoms with E-state index in [4.69, 9.17) is 0 Å². The Kier molecular flexibility index (Phi) is 3.59. The molecule has 1 heterocycles. The highest BCUT2D eigenvalue weighted by molar-refractivity contribution is 5.93. The molecule has 2 aliphatic rings. The number of rotatable bonds is 2. The Labute approximate surface area is 96.2 Å². The Balaban J connectivity index is 1.91. The zero-order valence-corrected chi connectivity index (χ0v) is 9.79. The molecule has 0 spiro atoms. The number of amides is 1. The summed E-state index contributed by atoms with van der Waals surface area (Å²) in [5, 5.41) is 5.88. The first kappa shape index (κ1) is 11.6. The molecule has 4 nitrogen and oxygen atoms in total. The third-order valence-corrected chi connectivity index (χ3v) is 3.69. The summed E-state index contributed by atoms with van der Waals surface area (Å²) in [6.07, 6.45) is 5.55. The van der Waals surface area contributed by atoms with Gasteiger partial charge in [0.2, 0.25) is 5.91 Å². The Morgan fingerprint density at radius 3 is 2.56 bits per heavy atom. The minimum atomic E-state index is -0.299. The lowest BCUT2D eigenvalue weighted by atomic mass is 9.83. The molecule has 1 aliphatic heterocycles. The van der Waals surface area contributed by atoms with Gasteiger partial charge in [0.25, 0.3) is 0 Å². The standard InChI is InChI=1S/C12H20N2O2/c1-8-12(16)14-10(7-13-8)11(15)9-5-3-2-4-6-9/h8-10,13H,2-7H2,1H3,(H,14,16)/t8-,10+/m0/s1. The quantitative estimate of drug-likeness (QED) is 0.722. The SMILES string of the molecule is C[C@@H]1NC[C@H](C(=O)C2CCCCC2)NC1=O. The highest BCUT2D eigenvalue weighted by Gasteiger charge is 2.33. The molecule has 2 rings (SSSR count). The number of piperazine rings is 1. The van der Waals surface area contributed by atoms with Crippen molar-refractivity contribution in [3.8, 4) is 0 Å². The van der Waals surface area contributed by atoms with Crippen molar-refractivity contribution >= 4 is 11.7 Å². The number of hydrogen-bond donors (Lipinski definition) is 2. The largest absolute Gasteiger partial charge is 0.344 e. The summed E-state index contributed by atoms with van der Waals surface area (Å²) in [5.41, 5.74) is 0. The van der Waals surface area contributed by atoms with Crippen LogP contribution in [0.1, 0.15) is 39.0 Å². The highest BCUT2D eigenvalue weighted by Crippen LogP contribution is 2.25. The minimum absolute atomic E-state index is 0.0552. The maximum Gasteiger partial charge on any atom is 0.237 e. The van der Waals surface area contributed by atoms with E-state index in [2.05, 4.69) is 10.6 Å². The Morgan fingerprint density at radius 2 is 1.94 bits per heavy atom. The minimum Gasteiger partial charge on any atom is -0.344 e. The molecule has 90 valence electrons. The first-order chi connectivity index (χ1) is 7.68. The molecule has 16 heavy (non-hydrogen) atoms. The molecule has 2 N–H and O–H groups in total. The van der Waals surface area contributed by atoms with Crippen molar-refractivity contribution in [1.29, 1.82) is 0 Å². The molecule has 0 unspecified atom stereocenters. The third-order valence-electron chi connectivity index (χ3n) is 3.69. The number of Topliss-reactive ketones (excluding diaryl/α,β-unsaturated/α-hetero) is 1. The zero-order valence-electron chi connectivity index (χ0n) is 9.79. The van der Waals surface area contributed by atoms with Gasteiger partial charge in [-0.15, -0.1) is 0 Å². The summed E-state index contributed by atoms with van der Waals surface area (Å²) in [6, 6.07) is -0.470. The lowest BCUT2D eigenvalue weighted by molar-refractivity contribution is -0.133. The van der Waals surface area contributed by atoms with Crippen molar-refractivity contribution in [2.24, 2.45) is 5.92 Å².